The quantitative estimate of drug-likeness (QED) is 0.898. The first-order valence-corrected chi connectivity index (χ1v) is 6.59. The number of carbonyl (C=O) groups is 2. The summed E-state index contributed by atoms with van der Waals surface area (Å²) in [5, 5.41) is 5.55. The molecule has 0 fully saturated rings. The third kappa shape index (κ3) is 2.74. The fourth-order valence-electron chi connectivity index (χ4n) is 2.28. The molecule has 6 heteroatoms. The van der Waals surface area contributed by atoms with Gasteiger partial charge in [0.05, 0.1) is 30.7 Å². The van der Waals surface area contributed by atoms with Gasteiger partial charge >= 0.3 is 0 Å². The Balaban J connectivity index is 1.75. The highest BCUT2D eigenvalue weighted by Gasteiger charge is 2.20. The lowest BCUT2D eigenvalue weighted by Gasteiger charge is -2.27. The van der Waals surface area contributed by atoms with Crippen molar-refractivity contribution in [3.8, 4) is 0 Å². The molecule has 2 aromatic rings. The van der Waals surface area contributed by atoms with Crippen LogP contribution in [0.2, 0.25) is 0 Å². The van der Waals surface area contributed by atoms with Gasteiger partial charge in [0.1, 0.15) is 5.76 Å². The summed E-state index contributed by atoms with van der Waals surface area (Å²) in [6, 6.07) is 8.81. The number of benzene rings is 1. The van der Waals surface area contributed by atoms with E-state index in [1.807, 2.05) is 18.0 Å². The summed E-state index contributed by atoms with van der Waals surface area (Å²) in [4.78, 5) is 25.5. The molecule has 3 rings (SSSR count). The number of furan rings is 1. The van der Waals surface area contributed by atoms with Gasteiger partial charge in [0, 0.05) is 12.6 Å². The van der Waals surface area contributed by atoms with Gasteiger partial charge in [-0.1, -0.05) is 0 Å². The molecule has 1 aromatic carbocycles. The van der Waals surface area contributed by atoms with Gasteiger partial charge < -0.3 is 20.0 Å². The van der Waals surface area contributed by atoms with Crippen molar-refractivity contribution in [1.29, 1.82) is 0 Å². The van der Waals surface area contributed by atoms with Crippen molar-refractivity contribution in [2.45, 2.75) is 6.54 Å². The van der Waals surface area contributed by atoms with E-state index in [0.717, 1.165) is 5.69 Å². The third-order valence-electron chi connectivity index (χ3n) is 3.33. The van der Waals surface area contributed by atoms with Crippen LogP contribution in [-0.4, -0.2) is 25.4 Å². The van der Waals surface area contributed by atoms with Crippen molar-refractivity contribution in [3.05, 3.63) is 47.9 Å². The Morgan fingerprint density at radius 1 is 1.43 bits per heavy atom. The molecule has 1 aliphatic rings. The van der Waals surface area contributed by atoms with E-state index in [-0.39, 0.29) is 11.8 Å². The highest BCUT2D eigenvalue weighted by Crippen LogP contribution is 2.29. The standard InChI is InChI=1S/C15H15N3O3/c1-18-9-14(19)17-12-7-10(4-5-13(12)18)15(20)16-8-11-3-2-6-21-11/h2-7H,8-9H2,1H3,(H,16,20)(H,17,19). The minimum absolute atomic E-state index is 0.0851. The Labute approximate surface area is 121 Å². The zero-order valence-corrected chi connectivity index (χ0v) is 11.6. The molecule has 6 nitrogen and oxygen atoms in total. The van der Waals surface area contributed by atoms with Crippen molar-refractivity contribution >= 4 is 23.2 Å². The number of amides is 2. The summed E-state index contributed by atoms with van der Waals surface area (Å²) < 4.78 is 5.16. The molecule has 0 atom stereocenters. The summed E-state index contributed by atoms with van der Waals surface area (Å²) in [6.45, 7) is 0.645. The minimum Gasteiger partial charge on any atom is -0.467 e. The van der Waals surface area contributed by atoms with Crippen LogP contribution in [0.1, 0.15) is 16.1 Å². The molecule has 2 N–H and O–H groups in total. The third-order valence-corrected chi connectivity index (χ3v) is 3.33. The van der Waals surface area contributed by atoms with Crippen molar-refractivity contribution in [1.82, 2.24) is 5.32 Å². The topological polar surface area (TPSA) is 74.6 Å². The predicted molar refractivity (Wildman–Crippen MR) is 78.2 cm³/mol. The molecule has 0 unspecified atom stereocenters. The van der Waals surface area contributed by atoms with Gasteiger partial charge in [-0.05, 0) is 30.3 Å². The molecule has 0 radical (unpaired) electrons. The second-order valence-electron chi connectivity index (χ2n) is 4.90. The van der Waals surface area contributed by atoms with Gasteiger partial charge in [-0.2, -0.15) is 0 Å². The number of hydrogen-bond donors (Lipinski definition) is 2. The maximum absolute atomic E-state index is 12.1. The van der Waals surface area contributed by atoms with Crippen LogP contribution in [-0.2, 0) is 11.3 Å². The number of nitrogens with zero attached hydrogens (tertiary/aromatic N) is 1. The Morgan fingerprint density at radius 2 is 2.29 bits per heavy atom. The minimum atomic E-state index is -0.211. The van der Waals surface area contributed by atoms with Crippen molar-refractivity contribution in [3.63, 3.8) is 0 Å². The van der Waals surface area contributed by atoms with Gasteiger partial charge in [-0.15, -0.1) is 0 Å². The number of anilines is 2. The number of hydrogen-bond acceptors (Lipinski definition) is 4. The Hall–Kier alpha value is -2.76. The zero-order chi connectivity index (χ0) is 14.8. The summed E-state index contributed by atoms with van der Waals surface area (Å²) in [5.74, 6) is 0.393. The molecule has 0 spiro atoms. The van der Waals surface area contributed by atoms with Crippen molar-refractivity contribution in [2.24, 2.45) is 0 Å². The Kier molecular flexibility index (Phi) is 3.35. The smallest absolute Gasteiger partial charge is 0.251 e. The van der Waals surface area contributed by atoms with E-state index in [1.54, 1.807) is 30.5 Å². The number of fused-ring (bicyclic) bond motifs is 1. The lowest BCUT2D eigenvalue weighted by Crippen LogP contribution is -2.35. The molecule has 108 valence electrons. The van der Waals surface area contributed by atoms with E-state index < -0.39 is 0 Å². The first-order valence-electron chi connectivity index (χ1n) is 6.59. The van der Waals surface area contributed by atoms with Crippen LogP contribution < -0.4 is 15.5 Å². The normalized spacial score (nSPS) is 13.6. The monoisotopic (exact) mass is 285 g/mol. The Bertz CT molecular complexity index is 679. The molecule has 2 heterocycles. The summed E-state index contributed by atoms with van der Waals surface area (Å²) in [7, 11) is 1.84. The largest absolute Gasteiger partial charge is 0.467 e. The maximum atomic E-state index is 12.1. The van der Waals surface area contributed by atoms with E-state index >= 15 is 0 Å². The average Bonchev–Trinajstić information content (AvgIpc) is 2.97. The second kappa shape index (κ2) is 5.32. The molecule has 0 aliphatic carbocycles. The molecule has 0 saturated carbocycles. The van der Waals surface area contributed by atoms with Crippen LogP contribution in [0.3, 0.4) is 0 Å². The van der Waals surface area contributed by atoms with Gasteiger partial charge in [0.15, 0.2) is 0 Å². The lowest BCUT2D eigenvalue weighted by atomic mass is 10.1. The van der Waals surface area contributed by atoms with Crippen molar-refractivity contribution < 1.29 is 14.0 Å². The van der Waals surface area contributed by atoms with Crippen LogP contribution in [0.25, 0.3) is 0 Å². The first-order chi connectivity index (χ1) is 10.1. The van der Waals surface area contributed by atoms with Crippen LogP contribution in [0.4, 0.5) is 11.4 Å². The van der Waals surface area contributed by atoms with Gasteiger partial charge in [-0.3, -0.25) is 9.59 Å². The highest BCUT2D eigenvalue weighted by molar-refractivity contribution is 6.03. The van der Waals surface area contributed by atoms with E-state index in [0.29, 0.717) is 30.1 Å². The summed E-state index contributed by atoms with van der Waals surface area (Å²) in [5.41, 5.74) is 2.05. The molecule has 2 amide bonds. The summed E-state index contributed by atoms with van der Waals surface area (Å²) in [6.07, 6.45) is 1.56. The van der Waals surface area contributed by atoms with Gasteiger partial charge in [-0.25, -0.2) is 0 Å². The maximum Gasteiger partial charge on any atom is 0.251 e. The number of rotatable bonds is 3. The average molecular weight is 285 g/mol. The number of carbonyl (C=O) groups excluding carboxylic acids is 2. The fourth-order valence-corrected chi connectivity index (χ4v) is 2.28. The van der Waals surface area contributed by atoms with E-state index in [9.17, 15) is 9.59 Å². The van der Waals surface area contributed by atoms with Crippen LogP contribution in [0.5, 0.6) is 0 Å². The van der Waals surface area contributed by atoms with Crippen LogP contribution in [0, 0.1) is 0 Å². The van der Waals surface area contributed by atoms with Gasteiger partial charge in [0.2, 0.25) is 5.91 Å². The van der Waals surface area contributed by atoms with Crippen molar-refractivity contribution in [2.75, 3.05) is 23.8 Å². The van der Waals surface area contributed by atoms with E-state index in [2.05, 4.69) is 10.6 Å². The first kappa shape index (κ1) is 13.2. The molecule has 21 heavy (non-hydrogen) atoms. The molecular formula is C15H15N3O3. The second-order valence-corrected chi connectivity index (χ2v) is 4.90. The predicted octanol–water partition coefficient (Wildman–Crippen LogP) is 1.60. The van der Waals surface area contributed by atoms with Crippen LogP contribution in [0.15, 0.2) is 41.0 Å². The van der Waals surface area contributed by atoms with Crippen LogP contribution >= 0.6 is 0 Å². The SMILES string of the molecule is CN1CC(=O)Nc2cc(C(=O)NCc3ccco3)ccc21. The Morgan fingerprint density at radius 3 is 3.05 bits per heavy atom. The summed E-state index contributed by atoms with van der Waals surface area (Å²) >= 11 is 0. The lowest BCUT2D eigenvalue weighted by molar-refractivity contribution is -0.115. The molecule has 0 bridgehead atoms. The number of likely N-dealkylation sites (N-methyl/N-ethyl adjacent to an activating group) is 1. The van der Waals surface area contributed by atoms with E-state index in [1.165, 1.54) is 0 Å². The molecule has 1 aromatic heterocycles. The van der Waals surface area contributed by atoms with E-state index in [4.69, 9.17) is 4.42 Å². The fraction of sp³-hybridized carbons (Fsp3) is 0.200. The molecule has 1 aliphatic heterocycles. The van der Waals surface area contributed by atoms with Gasteiger partial charge in [0.25, 0.3) is 5.91 Å². The number of nitrogens with one attached hydrogen (secondary N) is 2. The molecule has 0 saturated heterocycles. The zero-order valence-electron chi connectivity index (χ0n) is 11.6. The highest BCUT2D eigenvalue weighted by atomic mass is 16.3. The molecular weight excluding hydrogens is 270 g/mol.